The molecule has 0 aliphatic carbocycles. The number of carbonyl (C=O) groups is 1. The van der Waals surface area contributed by atoms with E-state index >= 15 is 0 Å². The van der Waals surface area contributed by atoms with E-state index in [2.05, 4.69) is 27.6 Å². The lowest BCUT2D eigenvalue weighted by molar-refractivity contribution is 0.0697. The summed E-state index contributed by atoms with van der Waals surface area (Å²) in [7, 11) is 0. The van der Waals surface area contributed by atoms with Crippen molar-refractivity contribution in [2.24, 2.45) is 0 Å². The van der Waals surface area contributed by atoms with Crippen molar-refractivity contribution in [2.75, 3.05) is 0 Å². The second-order valence-corrected chi connectivity index (χ2v) is 3.63. The second kappa shape index (κ2) is 2.99. The molecule has 66 valence electrons. The van der Waals surface area contributed by atoms with Crippen LogP contribution in [0.25, 0.3) is 5.65 Å². The zero-order valence-corrected chi connectivity index (χ0v) is 8.59. The van der Waals surface area contributed by atoms with Crippen LogP contribution in [-0.4, -0.2) is 20.5 Å². The van der Waals surface area contributed by atoms with E-state index in [0.29, 0.717) is 5.65 Å². The van der Waals surface area contributed by atoms with Crippen molar-refractivity contribution in [3.63, 3.8) is 0 Å². The predicted octanol–water partition coefficient (Wildman–Crippen LogP) is 1.64. The lowest BCUT2D eigenvalue weighted by atomic mass is 10.3. The first-order valence-electron chi connectivity index (χ1n) is 3.54. The van der Waals surface area contributed by atoms with Crippen LogP contribution in [0.5, 0.6) is 0 Å². The van der Waals surface area contributed by atoms with Crippen molar-refractivity contribution < 1.29 is 9.90 Å². The first-order valence-corrected chi connectivity index (χ1v) is 4.62. The highest BCUT2D eigenvalue weighted by Gasteiger charge is 2.05. The molecule has 0 amide bonds. The number of fused-ring (bicyclic) bond motifs is 1. The number of hydrogen-bond donors (Lipinski definition) is 1. The summed E-state index contributed by atoms with van der Waals surface area (Å²) in [6, 6.07) is 3.10. The van der Waals surface area contributed by atoms with Gasteiger partial charge in [0.15, 0.2) is 0 Å². The minimum Gasteiger partial charge on any atom is -0.478 e. The zero-order valence-electron chi connectivity index (χ0n) is 6.44. The second-order valence-electron chi connectivity index (χ2n) is 2.53. The van der Waals surface area contributed by atoms with Crippen LogP contribution in [0.4, 0.5) is 0 Å². The van der Waals surface area contributed by atoms with Gasteiger partial charge in [-0.25, -0.2) is 9.78 Å². The van der Waals surface area contributed by atoms with E-state index in [1.54, 1.807) is 24.5 Å². The third-order valence-corrected chi connectivity index (χ3v) is 2.51. The van der Waals surface area contributed by atoms with Crippen LogP contribution in [0.2, 0.25) is 0 Å². The SMILES string of the molecule is O=C(O)c1ccn2c(I)cnc2c1. The fourth-order valence-electron chi connectivity index (χ4n) is 1.08. The number of hydrogen-bond acceptors (Lipinski definition) is 2. The highest BCUT2D eigenvalue weighted by atomic mass is 127. The first-order chi connectivity index (χ1) is 6.18. The van der Waals surface area contributed by atoms with Crippen LogP contribution in [-0.2, 0) is 0 Å². The normalized spacial score (nSPS) is 10.5. The lowest BCUT2D eigenvalue weighted by Gasteiger charge is -1.96. The van der Waals surface area contributed by atoms with Gasteiger partial charge in [-0.05, 0) is 34.7 Å². The summed E-state index contributed by atoms with van der Waals surface area (Å²) in [5.41, 5.74) is 0.916. The van der Waals surface area contributed by atoms with Crippen molar-refractivity contribution in [3.05, 3.63) is 33.8 Å². The Bertz CT molecular complexity index is 478. The molecule has 0 aliphatic rings. The van der Waals surface area contributed by atoms with Gasteiger partial charge in [-0.15, -0.1) is 0 Å². The van der Waals surface area contributed by atoms with Crippen molar-refractivity contribution in [1.82, 2.24) is 9.38 Å². The summed E-state index contributed by atoms with van der Waals surface area (Å²) in [6.07, 6.45) is 3.40. The molecule has 0 aliphatic heterocycles. The molecule has 2 rings (SSSR count). The Balaban J connectivity index is 2.70. The Kier molecular flexibility index (Phi) is 1.95. The van der Waals surface area contributed by atoms with E-state index in [4.69, 9.17) is 5.11 Å². The maximum Gasteiger partial charge on any atom is 0.335 e. The Morgan fingerprint density at radius 2 is 2.38 bits per heavy atom. The van der Waals surface area contributed by atoms with E-state index in [1.807, 2.05) is 4.40 Å². The highest BCUT2D eigenvalue weighted by Crippen LogP contribution is 2.10. The number of carboxylic acids is 1. The zero-order chi connectivity index (χ0) is 9.42. The lowest BCUT2D eigenvalue weighted by Crippen LogP contribution is -1.97. The molecule has 2 heterocycles. The van der Waals surface area contributed by atoms with E-state index in [-0.39, 0.29) is 5.56 Å². The van der Waals surface area contributed by atoms with Gasteiger partial charge in [0.25, 0.3) is 0 Å². The third-order valence-electron chi connectivity index (χ3n) is 1.72. The molecule has 13 heavy (non-hydrogen) atoms. The molecule has 0 radical (unpaired) electrons. The van der Waals surface area contributed by atoms with E-state index in [0.717, 1.165) is 3.70 Å². The number of carboxylic acid groups (broad SMARTS) is 1. The van der Waals surface area contributed by atoms with Gasteiger partial charge in [-0.2, -0.15) is 0 Å². The number of aromatic nitrogens is 2. The van der Waals surface area contributed by atoms with Crippen molar-refractivity contribution in [2.45, 2.75) is 0 Å². The minimum atomic E-state index is -0.930. The molecule has 0 spiro atoms. The predicted molar refractivity (Wildman–Crippen MR) is 54.9 cm³/mol. The van der Waals surface area contributed by atoms with Gasteiger partial charge in [0.2, 0.25) is 0 Å². The fraction of sp³-hybridized carbons (Fsp3) is 0. The molecule has 0 unspecified atom stereocenters. The van der Waals surface area contributed by atoms with Crippen LogP contribution in [0.1, 0.15) is 10.4 Å². The minimum absolute atomic E-state index is 0.259. The number of halogens is 1. The van der Waals surface area contributed by atoms with E-state index in [1.165, 1.54) is 0 Å². The van der Waals surface area contributed by atoms with Crippen LogP contribution in [0, 0.1) is 3.70 Å². The van der Waals surface area contributed by atoms with Crippen molar-refractivity contribution >= 4 is 34.2 Å². The molecule has 0 aromatic carbocycles. The van der Waals surface area contributed by atoms with E-state index < -0.39 is 5.97 Å². The van der Waals surface area contributed by atoms with Gasteiger partial charge in [0.1, 0.15) is 9.35 Å². The first kappa shape index (κ1) is 8.49. The maximum absolute atomic E-state index is 10.6. The number of imidazole rings is 1. The quantitative estimate of drug-likeness (QED) is 0.812. The van der Waals surface area contributed by atoms with Crippen LogP contribution >= 0.6 is 22.6 Å². The number of rotatable bonds is 1. The smallest absolute Gasteiger partial charge is 0.335 e. The van der Waals surface area contributed by atoms with Crippen molar-refractivity contribution in [1.29, 1.82) is 0 Å². The van der Waals surface area contributed by atoms with Crippen LogP contribution < -0.4 is 0 Å². The maximum atomic E-state index is 10.6. The molecular weight excluding hydrogens is 283 g/mol. The molecule has 0 bridgehead atoms. The van der Waals surface area contributed by atoms with Crippen molar-refractivity contribution in [3.8, 4) is 0 Å². The summed E-state index contributed by atoms with van der Waals surface area (Å²) >= 11 is 2.14. The summed E-state index contributed by atoms with van der Waals surface area (Å²) in [5, 5.41) is 8.71. The molecule has 0 atom stereocenters. The van der Waals surface area contributed by atoms with Crippen LogP contribution in [0.3, 0.4) is 0 Å². The average molecular weight is 288 g/mol. The summed E-state index contributed by atoms with van der Waals surface area (Å²) in [6.45, 7) is 0. The Labute approximate surface area is 87.4 Å². The number of pyridine rings is 1. The third kappa shape index (κ3) is 1.39. The van der Waals surface area contributed by atoms with Gasteiger partial charge in [0.05, 0.1) is 11.8 Å². The van der Waals surface area contributed by atoms with Gasteiger partial charge < -0.3 is 5.11 Å². The number of aromatic carboxylic acids is 1. The highest BCUT2D eigenvalue weighted by molar-refractivity contribution is 14.1. The van der Waals surface area contributed by atoms with Crippen LogP contribution in [0.15, 0.2) is 24.5 Å². The summed E-state index contributed by atoms with van der Waals surface area (Å²) < 4.78 is 2.79. The summed E-state index contributed by atoms with van der Waals surface area (Å²) in [4.78, 5) is 14.7. The fourth-order valence-corrected chi connectivity index (χ4v) is 1.63. The Morgan fingerprint density at radius 1 is 1.62 bits per heavy atom. The summed E-state index contributed by atoms with van der Waals surface area (Å²) in [5.74, 6) is -0.930. The standard InChI is InChI=1S/C8H5IN2O2/c9-6-4-10-7-3-5(8(12)13)1-2-11(6)7/h1-4H,(H,12,13). The van der Waals surface area contributed by atoms with Gasteiger partial charge >= 0.3 is 5.97 Å². The largest absolute Gasteiger partial charge is 0.478 e. The van der Waals surface area contributed by atoms with Gasteiger partial charge in [-0.3, -0.25) is 4.40 Å². The Morgan fingerprint density at radius 3 is 3.08 bits per heavy atom. The molecular formula is C8H5IN2O2. The molecule has 5 heteroatoms. The molecule has 2 aromatic heterocycles. The molecule has 4 nitrogen and oxygen atoms in total. The van der Waals surface area contributed by atoms with E-state index in [9.17, 15) is 4.79 Å². The molecule has 2 aromatic rings. The molecule has 0 saturated carbocycles. The topological polar surface area (TPSA) is 54.6 Å². The average Bonchev–Trinajstić information content (AvgIpc) is 2.47. The molecule has 0 fully saturated rings. The van der Waals surface area contributed by atoms with Gasteiger partial charge in [0, 0.05) is 6.20 Å². The Hall–Kier alpha value is -1.11. The van der Waals surface area contributed by atoms with Gasteiger partial charge in [-0.1, -0.05) is 0 Å². The monoisotopic (exact) mass is 288 g/mol. The number of nitrogens with zero attached hydrogens (tertiary/aromatic N) is 2. The molecule has 1 N–H and O–H groups in total. The molecule has 0 saturated heterocycles.